The molecule has 6 aromatic rings. The number of hydrogen-bond acceptors (Lipinski definition) is 9. The Kier molecular flexibility index (Phi) is 7.18. The zero-order valence-electron chi connectivity index (χ0n) is 24.0. The van der Waals surface area contributed by atoms with Gasteiger partial charge in [0.05, 0.1) is 40.8 Å². The van der Waals surface area contributed by atoms with Crippen LogP contribution in [-0.2, 0) is 19.5 Å². The minimum absolute atomic E-state index is 0.0744. The van der Waals surface area contributed by atoms with Gasteiger partial charge in [-0.2, -0.15) is 0 Å². The van der Waals surface area contributed by atoms with Crippen LogP contribution in [0, 0.1) is 5.82 Å². The highest BCUT2D eigenvalue weighted by atomic mass is 32.2. The van der Waals surface area contributed by atoms with Gasteiger partial charge >= 0.3 is 5.97 Å². The fourth-order valence-electron chi connectivity index (χ4n) is 5.09. The maximum atomic E-state index is 14.7. The molecule has 0 saturated heterocycles. The quantitative estimate of drug-likeness (QED) is 0.196. The molecule has 0 atom stereocenters. The van der Waals surface area contributed by atoms with Crippen LogP contribution in [0.5, 0.6) is 0 Å². The minimum Gasteiger partial charge on any atom is -0.457 e. The standard InChI is InChI=1S/C30H26FN5O7S/c1-32-29(37)26-18-12-17(23(35(2)44(4,39)40)14-25(18)43-28(26)30(38)42-11-10-41-3)20-8-9-21-27(34-20)24-13-16-19(31)6-5-7-22(16)36(24)15-33-21/h5-9,12-15H,10-11H2,1-4H3,(H,32,37). The van der Waals surface area contributed by atoms with E-state index < -0.39 is 27.7 Å². The van der Waals surface area contributed by atoms with E-state index in [1.807, 2.05) is 0 Å². The van der Waals surface area contributed by atoms with E-state index in [2.05, 4.69) is 10.3 Å². The Morgan fingerprint density at radius 2 is 1.89 bits per heavy atom. The molecular formula is C30H26FN5O7S. The van der Waals surface area contributed by atoms with Crippen molar-refractivity contribution in [2.75, 3.05) is 45.0 Å². The van der Waals surface area contributed by atoms with E-state index in [9.17, 15) is 22.4 Å². The van der Waals surface area contributed by atoms with E-state index in [4.69, 9.17) is 18.9 Å². The Balaban J connectivity index is 1.63. The third-order valence-electron chi connectivity index (χ3n) is 7.34. The first-order valence-corrected chi connectivity index (χ1v) is 15.2. The van der Waals surface area contributed by atoms with Crippen molar-refractivity contribution in [1.82, 2.24) is 19.7 Å². The lowest BCUT2D eigenvalue weighted by molar-refractivity contribution is 0.0354. The lowest BCUT2D eigenvalue weighted by Crippen LogP contribution is -2.25. The zero-order chi connectivity index (χ0) is 31.3. The normalized spacial score (nSPS) is 11.9. The fraction of sp³-hybridized carbons (Fsp3) is 0.200. The molecule has 14 heteroatoms. The number of halogens is 1. The average Bonchev–Trinajstić information content (AvgIpc) is 3.58. The summed E-state index contributed by atoms with van der Waals surface area (Å²) in [6, 6.07) is 12.8. The van der Waals surface area contributed by atoms with Gasteiger partial charge in [-0.15, -0.1) is 0 Å². The number of nitrogens with one attached hydrogen (secondary N) is 1. The molecule has 0 spiro atoms. The zero-order valence-corrected chi connectivity index (χ0v) is 24.9. The van der Waals surface area contributed by atoms with Gasteiger partial charge in [0.2, 0.25) is 15.8 Å². The summed E-state index contributed by atoms with van der Waals surface area (Å²) in [7, 11) is 0.432. The van der Waals surface area contributed by atoms with E-state index in [0.717, 1.165) is 10.6 Å². The number of carbonyl (C=O) groups is 2. The second-order valence-electron chi connectivity index (χ2n) is 9.99. The number of esters is 1. The summed E-state index contributed by atoms with van der Waals surface area (Å²) in [6.07, 6.45) is 2.63. The van der Waals surface area contributed by atoms with Crippen molar-refractivity contribution in [1.29, 1.82) is 0 Å². The summed E-state index contributed by atoms with van der Waals surface area (Å²) < 4.78 is 58.8. The average molecular weight is 620 g/mol. The lowest BCUT2D eigenvalue weighted by Gasteiger charge is -2.20. The van der Waals surface area contributed by atoms with Crippen molar-refractivity contribution in [3.63, 3.8) is 0 Å². The van der Waals surface area contributed by atoms with Crippen molar-refractivity contribution < 1.29 is 36.3 Å². The smallest absolute Gasteiger partial charge is 0.375 e. The Labute approximate surface area is 250 Å². The number of amides is 1. The number of furan rings is 1. The van der Waals surface area contributed by atoms with Gasteiger partial charge in [0.1, 0.15) is 35.4 Å². The topological polar surface area (TPSA) is 145 Å². The molecule has 0 bridgehead atoms. The number of sulfonamides is 1. The molecule has 0 saturated carbocycles. The summed E-state index contributed by atoms with van der Waals surface area (Å²) in [5, 5.41) is 3.14. The SMILES string of the molecule is CNC(=O)c1c(C(=O)OCCOC)oc2cc(N(C)S(C)(=O)=O)c(-c3ccc4ncn5c6cccc(F)c6cc5c4n3)cc12. The molecule has 0 aliphatic rings. The summed E-state index contributed by atoms with van der Waals surface area (Å²) >= 11 is 0. The number of ether oxygens (including phenoxy) is 2. The van der Waals surface area contributed by atoms with Gasteiger partial charge < -0.3 is 19.2 Å². The van der Waals surface area contributed by atoms with E-state index >= 15 is 0 Å². The lowest BCUT2D eigenvalue weighted by atomic mass is 10.0. The first kappa shape index (κ1) is 29.0. The van der Waals surface area contributed by atoms with Crippen LogP contribution >= 0.6 is 0 Å². The molecule has 0 aliphatic heterocycles. The Morgan fingerprint density at radius 3 is 2.61 bits per heavy atom. The maximum absolute atomic E-state index is 14.7. The number of fused-ring (bicyclic) bond motifs is 6. The van der Waals surface area contributed by atoms with Crippen LogP contribution in [-0.4, -0.2) is 75.3 Å². The monoisotopic (exact) mass is 619 g/mol. The van der Waals surface area contributed by atoms with Crippen molar-refractivity contribution in [3.05, 3.63) is 72.0 Å². The van der Waals surface area contributed by atoms with E-state index in [-0.39, 0.29) is 41.2 Å². The summed E-state index contributed by atoms with van der Waals surface area (Å²) in [4.78, 5) is 35.3. The Bertz CT molecular complexity index is 2240. The molecule has 1 N–H and O–H groups in total. The predicted molar refractivity (Wildman–Crippen MR) is 162 cm³/mol. The number of anilines is 1. The third kappa shape index (κ3) is 4.77. The molecule has 226 valence electrons. The molecule has 4 heterocycles. The van der Waals surface area contributed by atoms with Crippen LogP contribution in [0.15, 0.2) is 59.3 Å². The largest absolute Gasteiger partial charge is 0.457 e. The third-order valence-corrected chi connectivity index (χ3v) is 8.53. The van der Waals surface area contributed by atoms with Gasteiger partial charge in [0.15, 0.2) is 0 Å². The van der Waals surface area contributed by atoms with Crippen LogP contribution in [0.3, 0.4) is 0 Å². The molecule has 2 aromatic carbocycles. The molecule has 44 heavy (non-hydrogen) atoms. The van der Waals surface area contributed by atoms with E-state index in [0.29, 0.717) is 38.7 Å². The van der Waals surface area contributed by atoms with Crippen LogP contribution in [0.4, 0.5) is 10.1 Å². The molecule has 0 unspecified atom stereocenters. The number of benzene rings is 2. The molecular weight excluding hydrogens is 593 g/mol. The molecule has 0 fully saturated rings. The van der Waals surface area contributed by atoms with E-state index in [1.165, 1.54) is 33.3 Å². The van der Waals surface area contributed by atoms with Crippen molar-refractivity contribution in [2.45, 2.75) is 0 Å². The van der Waals surface area contributed by atoms with Crippen LogP contribution in [0.1, 0.15) is 20.9 Å². The molecule has 12 nitrogen and oxygen atoms in total. The van der Waals surface area contributed by atoms with Crippen LogP contribution in [0.2, 0.25) is 0 Å². The molecule has 0 aliphatic carbocycles. The number of nitrogens with zero attached hydrogens (tertiary/aromatic N) is 4. The van der Waals surface area contributed by atoms with Gasteiger partial charge in [-0.25, -0.2) is 27.6 Å². The molecule has 4 aromatic heterocycles. The highest BCUT2D eigenvalue weighted by Gasteiger charge is 2.29. The molecule has 6 rings (SSSR count). The van der Waals surface area contributed by atoms with Crippen molar-refractivity contribution in [3.8, 4) is 11.3 Å². The van der Waals surface area contributed by atoms with Crippen molar-refractivity contribution >= 4 is 66.0 Å². The number of carbonyl (C=O) groups excluding carboxylic acids is 2. The van der Waals surface area contributed by atoms with Gasteiger partial charge in [0, 0.05) is 43.6 Å². The minimum atomic E-state index is -3.79. The van der Waals surface area contributed by atoms with Gasteiger partial charge in [-0.05, 0) is 36.4 Å². The number of aromatic nitrogens is 3. The Morgan fingerprint density at radius 1 is 1.09 bits per heavy atom. The second kappa shape index (κ2) is 10.9. The summed E-state index contributed by atoms with van der Waals surface area (Å²) in [5.41, 5.74) is 2.99. The summed E-state index contributed by atoms with van der Waals surface area (Å²) in [6.45, 7) is 0.0589. The van der Waals surface area contributed by atoms with E-state index in [1.54, 1.807) is 47.1 Å². The van der Waals surface area contributed by atoms with Gasteiger partial charge in [0.25, 0.3) is 5.91 Å². The van der Waals surface area contributed by atoms with Crippen LogP contribution in [0.25, 0.3) is 49.7 Å². The summed E-state index contributed by atoms with van der Waals surface area (Å²) in [5.74, 6) is -2.24. The highest BCUT2D eigenvalue weighted by Crippen LogP contribution is 2.39. The number of pyridine rings is 1. The maximum Gasteiger partial charge on any atom is 0.375 e. The van der Waals surface area contributed by atoms with Crippen LogP contribution < -0.4 is 9.62 Å². The molecule has 0 radical (unpaired) electrons. The number of rotatable bonds is 8. The molecule has 1 amide bonds. The highest BCUT2D eigenvalue weighted by molar-refractivity contribution is 7.92. The number of methoxy groups -OCH3 is 1. The first-order chi connectivity index (χ1) is 21.0. The van der Waals surface area contributed by atoms with Gasteiger partial charge in [-0.1, -0.05) is 6.07 Å². The second-order valence-corrected chi connectivity index (χ2v) is 12.0. The Hall–Kier alpha value is -5.08. The first-order valence-electron chi connectivity index (χ1n) is 13.3. The predicted octanol–water partition coefficient (Wildman–Crippen LogP) is 4.15. The fourth-order valence-corrected chi connectivity index (χ4v) is 5.60. The number of hydrogen-bond donors (Lipinski definition) is 1. The van der Waals surface area contributed by atoms with Gasteiger partial charge in [-0.3, -0.25) is 13.5 Å². The van der Waals surface area contributed by atoms with Crippen molar-refractivity contribution in [2.24, 2.45) is 0 Å².